The van der Waals surface area contributed by atoms with E-state index in [0.29, 0.717) is 31.9 Å². The Bertz CT molecular complexity index is 1130. The molecule has 1 aromatic heterocycles. The summed E-state index contributed by atoms with van der Waals surface area (Å²) in [7, 11) is 0. The van der Waals surface area contributed by atoms with E-state index in [-0.39, 0.29) is 24.0 Å². The van der Waals surface area contributed by atoms with Gasteiger partial charge in [0.25, 0.3) is 0 Å². The van der Waals surface area contributed by atoms with Crippen LogP contribution in [0.2, 0.25) is 0 Å². The number of Topliss-reactive ketones (excluding diaryl/α,β-unsaturated/α-hetero) is 1. The number of nitrogens with one attached hydrogen (secondary N) is 1. The van der Waals surface area contributed by atoms with Crippen molar-refractivity contribution < 1.29 is 27.8 Å². The van der Waals surface area contributed by atoms with Gasteiger partial charge in [-0.15, -0.1) is 0 Å². The van der Waals surface area contributed by atoms with Crippen molar-refractivity contribution in [2.75, 3.05) is 6.61 Å². The number of carbonyl (C=O) groups is 2. The normalized spacial score (nSPS) is 22.7. The van der Waals surface area contributed by atoms with Gasteiger partial charge in [0.2, 0.25) is 0 Å². The van der Waals surface area contributed by atoms with Gasteiger partial charge in [0, 0.05) is 38.2 Å². The minimum absolute atomic E-state index is 0.0550. The highest BCUT2D eigenvalue weighted by molar-refractivity contribution is 5.90. The van der Waals surface area contributed by atoms with Crippen LogP contribution in [0.25, 0.3) is 0 Å². The van der Waals surface area contributed by atoms with E-state index in [2.05, 4.69) is 15.2 Å². The summed E-state index contributed by atoms with van der Waals surface area (Å²) in [6.45, 7) is 10.8. The van der Waals surface area contributed by atoms with E-state index in [1.54, 1.807) is 20.8 Å². The molecule has 0 unspecified atom stereocenters. The Morgan fingerprint density at radius 1 is 1.26 bits per heavy atom. The summed E-state index contributed by atoms with van der Waals surface area (Å²) in [4.78, 5) is 31.3. The first-order valence-corrected chi connectivity index (χ1v) is 11.9. The van der Waals surface area contributed by atoms with Gasteiger partial charge in [-0.25, -0.2) is 18.6 Å². The molecule has 0 bridgehead atoms. The van der Waals surface area contributed by atoms with Gasteiger partial charge >= 0.3 is 6.09 Å². The molecule has 2 aromatic rings. The first kappa shape index (κ1) is 25.2. The molecule has 2 aliphatic rings. The lowest BCUT2D eigenvalue weighted by Crippen LogP contribution is -2.52. The Hall–Kier alpha value is -2.85. The average molecular weight is 491 g/mol. The van der Waals surface area contributed by atoms with Crippen LogP contribution in [0.15, 0.2) is 18.2 Å². The smallest absolute Gasteiger partial charge is 0.407 e. The van der Waals surface area contributed by atoms with E-state index >= 15 is 0 Å². The molecule has 10 heteroatoms. The van der Waals surface area contributed by atoms with Gasteiger partial charge in [0.1, 0.15) is 23.3 Å². The maximum Gasteiger partial charge on any atom is 0.407 e. The molecule has 4 rings (SSSR count). The highest BCUT2D eigenvalue weighted by Crippen LogP contribution is 2.35. The number of carbonyl (C=O) groups excluding carboxylic acids is 2. The second kappa shape index (κ2) is 9.66. The molecule has 35 heavy (non-hydrogen) atoms. The lowest BCUT2D eigenvalue weighted by molar-refractivity contribution is -0.0630. The summed E-state index contributed by atoms with van der Waals surface area (Å²) in [5.41, 5.74) is 1.19. The van der Waals surface area contributed by atoms with Crippen LogP contribution < -0.4 is 5.32 Å². The molecule has 2 aliphatic heterocycles. The topological polar surface area (TPSA) is 85.7 Å². The first-order valence-electron chi connectivity index (χ1n) is 11.9. The molecule has 0 aliphatic carbocycles. The maximum atomic E-state index is 14.6. The predicted octanol–water partition coefficient (Wildman–Crippen LogP) is 4.12. The third-order valence-corrected chi connectivity index (χ3v) is 6.34. The van der Waals surface area contributed by atoms with Crippen molar-refractivity contribution in [3.05, 3.63) is 52.6 Å². The summed E-state index contributed by atoms with van der Waals surface area (Å²) in [6.07, 6.45) is -1.08. The van der Waals surface area contributed by atoms with Gasteiger partial charge < -0.3 is 19.4 Å². The Morgan fingerprint density at radius 3 is 2.66 bits per heavy atom. The fraction of sp³-hybridized carbons (Fsp3) is 0.560. The summed E-state index contributed by atoms with van der Waals surface area (Å²) in [6, 6.07) is 2.46. The van der Waals surface area contributed by atoms with Crippen molar-refractivity contribution in [2.24, 2.45) is 0 Å². The monoisotopic (exact) mass is 490 g/mol. The highest BCUT2D eigenvalue weighted by atomic mass is 19.1. The zero-order chi connectivity index (χ0) is 25.5. The quantitative estimate of drug-likeness (QED) is 0.635. The molecule has 1 fully saturated rings. The lowest BCUT2D eigenvalue weighted by atomic mass is 9.92. The summed E-state index contributed by atoms with van der Waals surface area (Å²) in [5, 5.41) is 2.82. The number of rotatable bonds is 5. The Balaban J connectivity index is 1.55. The molecule has 1 aromatic carbocycles. The number of halogens is 2. The fourth-order valence-electron chi connectivity index (χ4n) is 4.85. The number of nitrogens with zero attached hydrogens (tertiary/aromatic N) is 3. The van der Waals surface area contributed by atoms with Gasteiger partial charge in [-0.3, -0.25) is 9.69 Å². The molecule has 0 spiro atoms. The molecule has 190 valence electrons. The van der Waals surface area contributed by atoms with E-state index < -0.39 is 35.5 Å². The predicted molar refractivity (Wildman–Crippen MR) is 124 cm³/mol. The van der Waals surface area contributed by atoms with Crippen LogP contribution in [0.5, 0.6) is 0 Å². The number of ether oxygens (including phenoxy) is 2. The van der Waals surface area contributed by atoms with Crippen LogP contribution in [-0.2, 0) is 29.1 Å². The molecule has 1 N–H and O–H groups in total. The lowest BCUT2D eigenvalue weighted by Gasteiger charge is -2.40. The van der Waals surface area contributed by atoms with Gasteiger partial charge in [0.05, 0.1) is 24.0 Å². The van der Waals surface area contributed by atoms with Crippen molar-refractivity contribution in [3.63, 3.8) is 0 Å². The van der Waals surface area contributed by atoms with Gasteiger partial charge in [-0.2, -0.15) is 0 Å². The number of ketones is 1. The minimum atomic E-state index is -0.869. The van der Waals surface area contributed by atoms with Crippen molar-refractivity contribution in [2.45, 2.75) is 84.5 Å². The Morgan fingerprint density at radius 2 is 2.00 bits per heavy atom. The molecule has 1 amide bonds. The van der Waals surface area contributed by atoms with E-state index in [0.717, 1.165) is 29.6 Å². The second-order valence-corrected chi connectivity index (χ2v) is 10.1. The van der Waals surface area contributed by atoms with Gasteiger partial charge in [-0.1, -0.05) is 0 Å². The number of hydrogen-bond donors (Lipinski definition) is 1. The van der Waals surface area contributed by atoms with Crippen LogP contribution in [0.1, 0.15) is 74.7 Å². The number of aromatic nitrogens is 2. The van der Waals surface area contributed by atoms with Crippen LogP contribution >= 0.6 is 0 Å². The molecule has 0 saturated carbocycles. The van der Waals surface area contributed by atoms with E-state index in [4.69, 9.17) is 9.47 Å². The van der Waals surface area contributed by atoms with Crippen molar-refractivity contribution in [1.29, 1.82) is 0 Å². The van der Waals surface area contributed by atoms with E-state index in [1.165, 1.54) is 6.92 Å². The Labute approximate surface area is 203 Å². The maximum absolute atomic E-state index is 14.6. The Kier molecular flexibility index (Phi) is 6.97. The van der Waals surface area contributed by atoms with Crippen LogP contribution in [0, 0.1) is 11.6 Å². The fourth-order valence-corrected chi connectivity index (χ4v) is 4.85. The standard InChI is InChI=1S/C25H32F2N4O4/c1-6-31-21-12-30(11-20(21)28-23(31)14(2)32)16-10-19(29-24(33)35-25(3,4)5)22(34-13-16)17-9-15(26)7-8-18(17)27/h7-9,16,19,22H,6,10-13H2,1-5H3,(H,29,33)/t16-,19+,22-/m1/s1. The van der Waals surface area contributed by atoms with E-state index in [1.807, 2.05) is 11.5 Å². The summed E-state index contributed by atoms with van der Waals surface area (Å²) in [5.74, 6) is -0.794. The van der Waals surface area contributed by atoms with Gasteiger partial charge in [0.15, 0.2) is 11.6 Å². The number of benzene rings is 1. The number of imidazole rings is 1. The molecule has 0 radical (unpaired) electrons. The number of amides is 1. The molecular weight excluding hydrogens is 458 g/mol. The minimum Gasteiger partial charge on any atom is -0.444 e. The average Bonchev–Trinajstić information content (AvgIpc) is 3.32. The zero-order valence-corrected chi connectivity index (χ0v) is 20.7. The van der Waals surface area contributed by atoms with E-state index in [9.17, 15) is 18.4 Å². The van der Waals surface area contributed by atoms with Crippen LogP contribution in [0.4, 0.5) is 13.6 Å². The highest BCUT2D eigenvalue weighted by Gasteiger charge is 2.40. The second-order valence-electron chi connectivity index (χ2n) is 10.1. The molecule has 3 atom stereocenters. The summed E-state index contributed by atoms with van der Waals surface area (Å²) >= 11 is 0. The van der Waals surface area contributed by atoms with Crippen molar-refractivity contribution >= 4 is 11.9 Å². The third-order valence-electron chi connectivity index (χ3n) is 6.34. The molecular formula is C25H32F2N4O4. The summed E-state index contributed by atoms with van der Waals surface area (Å²) < 4.78 is 42.0. The number of hydrogen-bond acceptors (Lipinski definition) is 6. The molecule has 8 nitrogen and oxygen atoms in total. The van der Waals surface area contributed by atoms with Crippen molar-refractivity contribution in [3.8, 4) is 0 Å². The molecule has 1 saturated heterocycles. The number of fused-ring (bicyclic) bond motifs is 1. The van der Waals surface area contributed by atoms with Gasteiger partial charge in [-0.05, 0) is 52.3 Å². The van der Waals surface area contributed by atoms with Crippen molar-refractivity contribution in [1.82, 2.24) is 19.8 Å². The zero-order valence-electron chi connectivity index (χ0n) is 20.7. The first-order chi connectivity index (χ1) is 16.5. The third kappa shape index (κ3) is 5.38. The van der Waals surface area contributed by atoms with Crippen LogP contribution in [0.3, 0.4) is 0 Å². The number of alkyl carbamates (subject to hydrolysis) is 1. The van der Waals surface area contributed by atoms with Crippen LogP contribution in [-0.4, -0.2) is 50.6 Å². The largest absolute Gasteiger partial charge is 0.444 e. The molecule has 3 heterocycles. The SMILES string of the molecule is CCn1c(C(C)=O)nc2c1CN([C@H]1CO[C@H](c3cc(F)ccc3F)[C@@H](NC(=O)OC(C)(C)C)C1)C2.